The zero-order valence-corrected chi connectivity index (χ0v) is 22.8. The van der Waals surface area contributed by atoms with Gasteiger partial charge in [0, 0.05) is 25.8 Å². The third kappa shape index (κ3) is 6.31. The number of imidazole rings is 1. The summed E-state index contributed by atoms with van der Waals surface area (Å²) in [6.45, 7) is 0.553. The molecule has 218 valence electrons. The molecule has 1 aromatic carbocycles. The Morgan fingerprint density at radius 1 is 1.15 bits per heavy atom. The van der Waals surface area contributed by atoms with Gasteiger partial charge in [0.25, 0.3) is 0 Å². The van der Waals surface area contributed by atoms with Crippen molar-refractivity contribution in [3.8, 4) is 0 Å². The van der Waals surface area contributed by atoms with Crippen LogP contribution in [0.15, 0.2) is 48.7 Å². The van der Waals surface area contributed by atoms with E-state index in [1.165, 1.54) is 11.6 Å². The summed E-state index contributed by atoms with van der Waals surface area (Å²) >= 11 is 0. The van der Waals surface area contributed by atoms with Gasteiger partial charge in [0.2, 0.25) is 11.8 Å². The summed E-state index contributed by atoms with van der Waals surface area (Å²) in [5.41, 5.74) is 0.844. The minimum atomic E-state index is -2.73. The highest BCUT2D eigenvalue weighted by Crippen LogP contribution is 2.41. The number of amides is 2. The van der Waals surface area contributed by atoms with E-state index in [2.05, 4.69) is 20.7 Å². The zero-order valence-electron chi connectivity index (χ0n) is 22.8. The molecule has 2 N–H and O–H groups in total. The van der Waals surface area contributed by atoms with E-state index in [1.54, 1.807) is 18.3 Å². The van der Waals surface area contributed by atoms with Crippen molar-refractivity contribution in [3.63, 3.8) is 0 Å². The number of methoxy groups -OCH3 is 1. The summed E-state index contributed by atoms with van der Waals surface area (Å²) in [5.74, 6) is -4.02. The summed E-state index contributed by atoms with van der Waals surface area (Å²) in [6.07, 6.45) is 1.84. The van der Waals surface area contributed by atoms with Crippen molar-refractivity contribution in [2.45, 2.75) is 63.5 Å². The van der Waals surface area contributed by atoms with E-state index in [4.69, 9.17) is 9.47 Å². The van der Waals surface area contributed by atoms with E-state index in [0.717, 1.165) is 5.56 Å². The number of carbonyl (C=O) groups is 3. The Hall–Kier alpha value is -4.09. The normalized spacial score (nSPS) is 21.6. The van der Waals surface area contributed by atoms with Gasteiger partial charge in [-0.2, -0.15) is 5.10 Å². The van der Waals surface area contributed by atoms with Gasteiger partial charge in [-0.25, -0.2) is 23.1 Å². The molecule has 0 spiro atoms. The van der Waals surface area contributed by atoms with Crippen molar-refractivity contribution < 1.29 is 32.6 Å². The first kappa shape index (κ1) is 28.4. The molecular formula is C29H33F2N5O5. The second kappa shape index (κ2) is 11.8. The van der Waals surface area contributed by atoms with Crippen molar-refractivity contribution in [1.29, 1.82) is 0 Å². The fourth-order valence-corrected chi connectivity index (χ4v) is 5.72. The number of ether oxygens (including phenoxy) is 2. The van der Waals surface area contributed by atoms with Gasteiger partial charge >= 0.3 is 12.1 Å². The second-order valence-electron chi connectivity index (χ2n) is 10.8. The molecule has 1 saturated carbocycles. The fourth-order valence-electron chi connectivity index (χ4n) is 5.72. The number of hydrogen-bond donors (Lipinski definition) is 2. The van der Waals surface area contributed by atoms with Crippen LogP contribution in [-0.2, 0) is 32.1 Å². The van der Waals surface area contributed by atoms with Crippen LogP contribution < -0.4 is 10.6 Å². The maximum atomic E-state index is 14.0. The number of aromatic nitrogens is 3. The fraction of sp³-hybridized carbons (Fsp3) is 0.483. The zero-order chi connectivity index (χ0) is 29.0. The van der Waals surface area contributed by atoms with E-state index in [0.29, 0.717) is 36.4 Å². The number of benzene rings is 1. The topological polar surface area (TPSA) is 124 Å². The number of fused-ring (bicyclic) bond motifs is 1. The molecule has 2 atom stereocenters. The second-order valence-corrected chi connectivity index (χ2v) is 10.8. The van der Waals surface area contributed by atoms with Crippen molar-refractivity contribution >= 4 is 23.6 Å². The molecule has 0 bridgehead atoms. The highest BCUT2D eigenvalue weighted by atomic mass is 19.3. The molecule has 41 heavy (non-hydrogen) atoms. The van der Waals surface area contributed by atoms with Crippen molar-refractivity contribution in [2.75, 3.05) is 13.7 Å². The van der Waals surface area contributed by atoms with Gasteiger partial charge in [-0.05, 0) is 49.3 Å². The number of halogens is 2. The summed E-state index contributed by atoms with van der Waals surface area (Å²) in [6, 6.07) is 11.9. The summed E-state index contributed by atoms with van der Waals surface area (Å²) in [7, 11) is 1.25. The number of nitrogens with zero attached hydrogens (tertiary/aromatic N) is 3. The highest BCUT2D eigenvalue weighted by molar-refractivity contribution is 6.03. The molecule has 1 aliphatic heterocycles. The Kier molecular flexibility index (Phi) is 8.18. The van der Waals surface area contributed by atoms with Crippen LogP contribution in [0.5, 0.6) is 0 Å². The molecule has 0 radical (unpaired) electrons. The van der Waals surface area contributed by atoms with Crippen LogP contribution in [0.4, 0.5) is 13.6 Å². The summed E-state index contributed by atoms with van der Waals surface area (Å²) in [4.78, 5) is 42.9. The number of alkyl carbamates (subject to hydrolysis) is 1. The number of alkyl halides is 2. The van der Waals surface area contributed by atoms with Crippen LogP contribution in [-0.4, -0.2) is 52.1 Å². The van der Waals surface area contributed by atoms with Gasteiger partial charge in [0.1, 0.15) is 6.61 Å². The molecule has 2 unspecified atom stereocenters. The standard InChI is InChI=1S/C29H33F2N5O5/c1-40-26(38)28(12-5-15-32-25(28)37)16-21-8-9-23-33-22(17-36(23)35-21)24(20-10-13-29(30,31)14-11-20)34-27(39)41-18-19-6-3-2-4-7-19/h2-4,6-9,17,20,24H,5,10-16,18H2,1H3,(H,32,37)(H,34,39). The largest absolute Gasteiger partial charge is 0.468 e. The molecule has 2 fully saturated rings. The molecule has 12 heteroatoms. The van der Waals surface area contributed by atoms with Gasteiger partial charge < -0.3 is 20.1 Å². The molecule has 2 amide bonds. The Labute approximate surface area is 235 Å². The predicted molar refractivity (Wildman–Crippen MR) is 143 cm³/mol. The predicted octanol–water partition coefficient (Wildman–Crippen LogP) is 4.13. The molecule has 1 saturated heterocycles. The van der Waals surface area contributed by atoms with Gasteiger partial charge in [-0.3, -0.25) is 9.59 Å². The lowest BCUT2D eigenvalue weighted by atomic mass is 9.76. The molecule has 3 aromatic rings. The average Bonchev–Trinajstić information content (AvgIpc) is 3.39. The third-order valence-electron chi connectivity index (χ3n) is 7.99. The van der Waals surface area contributed by atoms with Crippen LogP contribution >= 0.6 is 0 Å². The van der Waals surface area contributed by atoms with Gasteiger partial charge in [-0.15, -0.1) is 0 Å². The number of nitrogens with one attached hydrogen (secondary N) is 2. The lowest BCUT2D eigenvalue weighted by molar-refractivity contribution is -0.161. The number of carbonyl (C=O) groups excluding carboxylic acids is 3. The highest BCUT2D eigenvalue weighted by Gasteiger charge is 2.49. The smallest absolute Gasteiger partial charge is 0.408 e. The van der Waals surface area contributed by atoms with Gasteiger partial charge in [0.05, 0.1) is 30.7 Å². The first-order valence-electron chi connectivity index (χ1n) is 13.8. The Morgan fingerprint density at radius 2 is 1.90 bits per heavy atom. The molecular weight excluding hydrogens is 536 g/mol. The number of hydrogen-bond acceptors (Lipinski definition) is 7. The van der Waals surface area contributed by atoms with Crippen LogP contribution in [0, 0.1) is 11.3 Å². The Balaban J connectivity index is 1.38. The number of rotatable bonds is 8. The SMILES string of the molecule is COC(=O)C1(Cc2ccc3nc(C(NC(=O)OCc4ccccc4)C4CCC(F)(F)CC4)cn3n2)CCCNC1=O. The van der Waals surface area contributed by atoms with E-state index >= 15 is 0 Å². The molecule has 10 nitrogen and oxygen atoms in total. The lowest BCUT2D eigenvalue weighted by Gasteiger charge is -2.33. The maximum absolute atomic E-state index is 14.0. The van der Waals surface area contributed by atoms with E-state index < -0.39 is 35.3 Å². The molecule has 2 aliphatic rings. The van der Waals surface area contributed by atoms with Crippen molar-refractivity contribution in [2.24, 2.45) is 11.3 Å². The Morgan fingerprint density at radius 3 is 2.61 bits per heavy atom. The van der Waals surface area contributed by atoms with Crippen LogP contribution in [0.25, 0.3) is 5.65 Å². The maximum Gasteiger partial charge on any atom is 0.408 e. The molecule has 2 aromatic heterocycles. The molecule has 5 rings (SSSR count). The minimum Gasteiger partial charge on any atom is -0.468 e. The Bertz CT molecular complexity index is 1400. The van der Waals surface area contributed by atoms with Crippen LogP contribution in [0.1, 0.15) is 61.5 Å². The van der Waals surface area contributed by atoms with E-state index in [1.807, 2.05) is 30.3 Å². The lowest BCUT2D eigenvalue weighted by Crippen LogP contribution is -2.52. The van der Waals surface area contributed by atoms with Gasteiger partial charge in [-0.1, -0.05) is 30.3 Å². The van der Waals surface area contributed by atoms with E-state index in [9.17, 15) is 23.2 Å². The first-order chi connectivity index (χ1) is 19.7. The minimum absolute atomic E-state index is 0.0418. The van der Waals surface area contributed by atoms with Crippen molar-refractivity contribution in [3.05, 3.63) is 65.6 Å². The van der Waals surface area contributed by atoms with E-state index in [-0.39, 0.29) is 44.6 Å². The first-order valence-corrected chi connectivity index (χ1v) is 13.8. The molecule has 1 aliphatic carbocycles. The quantitative estimate of drug-likeness (QED) is 0.309. The summed E-state index contributed by atoms with van der Waals surface area (Å²) in [5, 5.41) is 10.2. The van der Waals surface area contributed by atoms with Gasteiger partial charge in [0.15, 0.2) is 11.1 Å². The summed E-state index contributed by atoms with van der Waals surface area (Å²) < 4.78 is 39.8. The average molecular weight is 570 g/mol. The van der Waals surface area contributed by atoms with Crippen molar-refractivity contribution in [1.82, 2.24) is 25.2 Å². The van der Waals surface area contributed by atoms with Crippen LogP contribution in [0.3, 0.4) is 0 Å². The number of piperidine rings is 1. The molecule has 3 heterocycles. The van der Waals surface area contributed by atoms with Crippen LogP contribution in [0.2, 0.25) is 0 Å². The number of esters is 1. The monoisotopic (exact) mass is 569 g/mol. The third-order valence-corrected chi connectivity index (χ3v) is 7.99.